The Kier molecular flexibility index (Phi) is 3.15. The van der Waals surface area contributed by atoms with Gasteiger partial charge in [0.25, 0.3) is 0 Å². The maximum atomic E-state index is 11.7. The molecular weight excluding hydrogens is 204 g/mol. The van der Waals surface area contributed by atoms with Crippen LogP contribution in [-0.4, -0.2) is 23.7 Å². The van der Waals surface area contributed by atoms with Gasteiger partial charge in [-0.25, -0.2) is 0 Å². The summed E-state index contributed by atoms with van der Waals surface area (Å²) in [6.45, 7) is 0.517. The van der Waals surface area contributed by atoms with Gasteiger partial charge in [0.1, 0.15) is 5.41 Å². The van der Waals surface area contributed by atoms with E-state index in [2.05, 4.69) is 11.4 Å². The van der Waals surface area contributed by atoms with Crippen molar-refractivity contribution in [2.45, 2.75) is 44.6 Å². The molecule has 2 rings (SSSR count). The highest BCUT2D eigenvalue weighted by Gasteiger charge is 2.50. The molecule has 2 aliphatic rings. The number of aliphatic hydroxyl groups excluding tert-OH is 1. The van der Waals surface area contributed by atoms with Gasteiger partial charge in [-0.2, -0.15) is 5.26 Å². The summed E-state index contributed by atoms with van der Waals surface area (Å²) in [7, 11) is 0. The van der Waals surface area contributed by atoms with Gasteiger partial charge < -0.3 is 10.4 Å². The Hall–Kier alpha value is -1.08. The van der Waals surface area contributed by atoms with Gasteiger partial charge in [-0.05, 0) is 25.7 Å². The van der Waals surface area contributed by atoms with Crippen LogP contribution < -0.4 is 5.32 Å². The van der Waals surface area contributed by atoms with E-state index in [1.807, 2.05) is 0 Å². The highest BCUT2D eigenvalue weighted by molar-refractivity contribution is 5.88. The first-order valence-electron chi connectivity index (χ1n) is 6.05. The SMILES string of the molecule is N#CC1(C(=O)NCC2CCCCC2O)CC1. The van der Waals surface area contributed by atoms with E-state index < -0.39 is 5.41 Å². The third-order valence-corrected chi connectivity index (χ3v) is 3.79. The summed E-state index contributed by atoms with van der Waals surface area (Å²) >= 11 is 0. The molecule has 0 radical (unpaired) electrons. The van der Waals surface area contributed by atoms with Crippen molar-refractivity contribution in [3.63, 3.8) is 0 Å². The minimum Gasteiger partial charge on any atom is -0.393 e. The average molecular weight is 222 g/mol. The van der Waals surface area contributed by atoms with Crippen molar-refractivity contribution in [3.8, 4) is 6.07 Å². The molecule has 0 aromatic rings. The number of hydrogen-bond donors (Lipinski definition) is 2. The monoisotopic (exact) mass is 222 g/mol. The standard InChI is InChI=1S/C12H18N2O2/c13-8-12(5-6-12)11(16)14-7-9-3-1-2-4-10(9)15/h9-10,15H,1-7H2,(H,14,16). The van der Waals surface area contributed by atoms with Gasteiger partial charge in [-0.1, -0.05) is 12.8 Å². The number of rotatable bonds is 3. The van der Waals surface area contributed by atoms with Gasteiger partial charge in [0.15, 0.2) is 0 Å². The second-order valence-electron chi connectivity index (χ2n) is 5.02. The van der Waals surface area contributed by atoms with E-state index in [1.54, 1.807) is 0 Å². The maximum absolute atomic E-state index is 11.7. The minimum atomic E-state index is -0.736. The quantitative estimate of drug-likeness (QED) is 0.747. The lowest BCUT2D eigenvalue weighted by Crippen LogP contribution is -2.39. The molecule has 88 valence electrons. The van der Waals surface area contributed by atoms with E-state index in [0.29, 0.717) is 19.4 Å². The molecule has 2 saturated carbocycles. The Morgan fingerprint density at radius 1 is 1.44 bits per heavy atom. The van der Waals surface area contributed by atoms with E-state index in [0.717, 1.165) is 25.7 Å². The number of amides is 1. The highest BCUT2D eigenvalue weighted by atomic mass is 16.3. The predicted octanol–water partition coefficient (Wildman–Crippen LogP) is 0.957. The number of hydrogen-bond acceptors (Lipinski definition) is 3. The predicted molar refractivity (Wildman–Crippen MR) is 58.3 cm³/mol. The summed E-state index contributed by atoms with van der Waals surface area (Å²) in [5, 5.41) is 21.4. The third kappa shape index (κ3) is 2.19. The van der Waals surface area contributed by atoms with Gasteiger partial charge in [0, 0.05) is 12.5 Å². The number of nitrogens with zero attached hydrogens (tertiary/aromatic N) is 1. The zero-order valence-corrected chi connectivity index (χ0v) is 9.41. The van der Waals surface area contributed by atoms with E-state index in [-0.39, 0.29) is 17.9 Å². The molecule has 0 aliphatic heterocycles. The Morgan fingerprint density at radius 2 is 2.12 bits per heavy atom. The smallest absolute Gasteiger partial charge is 0.240 e. The van der Waals surface area contributed by atoms with Crippen LogP contribution in [-0.2, 0) is 4.79 Å². The van der Waals surface area contributed by atoms with Crippen molar-refractivity contribution < 1.29 is 9.90 Å². The average Bonchev–Trinajstić information content (AvgIpc) is 3.08. The van der Waals surface area contributed by atoms with Crippen LogP contribution in [0.1, 0.15) is 38.5 Å². The Balaban J connectivity index is 1.79. The van der Waals surface area contributed by atoms with Crippen LogP contribution in [0.3, 0.4) is 0 Å². The summed E-state index contributed by atoms with van der Waals surface area (Å²) in [6, 6.07) is 2.08. The second-order valence-corrected chi connectivity index (χ2v) is 5.02. The summed E-state index contributed by atoms with van der Waals surface area (Å²) in [4.78, 5) is 11.7. The molecule has 4 nitrogen and oxygen atoms in total. The fraction of sp³-hybridized carbons (Fsp3) is 0.833. The summed E-state index contributed by atoms with van der Waals surface area (Å²) in [5.41, 5.74) is -0.736. The van der Waals surface area contributed by atoms with E-state index in [4.69, 9.17) is 5.26 Å². The van der Waals surface area contributed by atoms with Crippen molar-refractivity contribution >= 4 is 5.91 Å². The van der Waals surface area contributed by atoms with Gasteiger partial charge >= 0.3 is 0 Å². The van der Waals surface area contributed by atoms with Crippen molar-refractivity contribution in [1.29, 1.82) is 5.26 Å². The molecule has 1 amide bonds. The first-order chi connectivity index (χ1) is 7.68. The van der Waals surface area contributed by atoms with Crippen molar-refractivity contribution in [2.75, 3.05) is 6.54 Å². The van der Waals surface area contributed by atoms with Crippen LogP contribution >= 0.6 is 0 Å². The van der Waals surface area contributed by atoms with Gasteiger partial charge in [0.05, 0.1) is 12.2 Å². The molecule has 2 N–H and O–H groups in total. The Morgan fingerprint density at radius 3 is 2.69 bits per heavy atom. The van der Waals surface area contributed by atoms with Gasteiger partial charge in [-0.15, -0.1) is 0 Å². The fourth-order valence-electron chi connectivity index (χ4n) is 2.33. The van der Waals surface area contributed by atoms with E-state index in [1.165, 1.54) is 0 Å². The van der Waals surface area contributed by atoms with Crippen LogP contribution in [0.5, 0.6) is 0 Å². The van der Waals surface area contributed by atoms with Crippen LogP contribution in [0.2, 0.25) is 0 Å². The zero-order chi connectivity index (χ0) is 11.6. The number of nitriles is 1. The topological polar surface area (TPSA) is 73.1 Å². The molecule has 0 spiro atoms. The third-order valence-electron chi connectivity index (χ3n) is 3.79. The lowest BCUT2D eigenvalue weighted by molar-refractivity contribution is -0.124. The summed E-state index contributed by atoms with van der Waals surface area (Å²) < 4.78 is 0. The number of carbonyl (C=O) groups is 1. The minimum absolute atomic E-state index is 0.146. The molecule has 4 heteroatoms. The Labute approximate surface area is 95.6 Å². The molecule has 0 bridgehead atoms. The Bertz CT molecular complexity index is 317. The zero-order valence-electron chi connectivity index (χ0n) is 9.41. The maximum Gasteiger partial charge on any atom is 0.240 e. The second kappa shape index (κ2) is 4.42. The number of aliphatic hydroxyl groups is 1. The molecule has 2 atom stereocenters. The molecule has 0 saturated heterocycles. The van der Waals surface area contributed by atoms with Gasteiger partial charge in [-0.3, -0.25) is 4.79 Å². The normalized spacial score (nSPS) is 31.5. The molecule has 0 aromatic carbocycles. The van der Waals surface area contributed by atoms with Gasteiger partial charge in [0.2, 0.25) is 5.91 Å². The van der Waals surface area contributed by atoms with Crippen LogP contribution in [0.4, 0.5) is 0 Å². The molecule has 2 unspecified atom stereocenters. The van der Waals surface area contributed by atoms with Crippen molar-refractivity contribution in [3.05, 3.63) is 0 Å². The molecule has 2 fully saturated rings. The fourth-order valence-corrected chi connectivity index (χ4v) is 2.33. The van der Waals surface area contributed by atoms with Crippen LogP contribution in [0.25, 0.3) is 0 Å². The van der Waals surface area contributed by atoms with Crippen LogP contribution in [0.15, 0.2) is 0 Å². The lowest BCUT2D eigenvalue weighted by atomic mass is 9.86. The first kappa shape index (κ1) is 11.4. The summed E-state index contributed by atoms with van der Waals surface area (Å²) in [6.07, 6.45) is 5.09. The number of carbonyl (C=O) groups excluding carboxylic acids is 1. The molecule has 0 heterocycles. The lowest BCUT2D eigenvalue weighted by Gasteiger charge is -2.27. The van der Waals surface area contributed by atoms with E-state index >= 15 is 0 Å². The van der Waals surface area contributed by atoms with Crippen molar-refractivity contribution in [2.24, 2.45) is 11.3 Å². The van der Waals surface area contributed by atoms with Crippen LogP contribution in [0, 0.1) is 22.7 Å². The first-order valence-corrected chi connectivity index (χ1v) is 6.05. The number of nitrogens with one attached hydrogen (secondary N) is 1. The van der Waals surface area contributed by atoms with E-state index in [9.17, 15) is 9.90 Å². The molecule has 0 aromatic heterocycles. The molecule has 2 aliphatic carbocycles. The summed E-state index contributed by atoms with van der Waals surface area (Å²) in [5.74, 6) is 0.0277. The molecular formula is C12H18N2O2. The molecule has 16 heavy (non-hydrogen) atoms. The highest BCUT2D eigenvalue weighted by Crippen LogP contribution is 2.45. The van der Waals surface area contributed by atoms with Crippen molar-refractivity contribution in [1.82, 2.24) is 5.32 Å². The largest absolute Gasteiger partial charge is 0.393 e.